The highest BCUT2D eigenvalue weighted by Crippen LogP contribution is 2.17. The topological polar surface area (TPSA) is 69.0 Å². The summed E-state index contributed by atoms with van der Waals surface area (Å²) in [6, 6.07) is 2.16. The van der Waals surface area contributed by atoms with E-state index in [9.17, 15) is 26.3 Å². The fourth-order valence-corrected chi connectivity index (χ4v) is 2.28. The second-order valence-electron chi connectivity index (χ2n) is 6.03. The molecule has 0 spiro atoms. The number of benzene rings is 2. The van der Waals surface area contributed by atoms with E-state index in [0.717, 1.165) is 12.1 Å². The smallest absolute Gasteiger partial charge is 0.162 e. The van der Waals surface area contributed by atoms with Gasteiger partial charge in [-0.05, 0) is 42.1 Å². The summed E-state index contributed by atoms with van der Waals surface area (Å²) in [5, 5.41) is 12.2. The zero-order valence-corrected chi connectivity index (χ0v) is 14.9. The van der Waals surface area contributed by atoms with Crippen LogP contribution in [0.15, 0.2) is 29.4 Å². The molecule has 0 fully saturated rings. The average molecular weight is 405 g/mol. The lowest BCUT2D eigenvalue weighted by Crippen LogP contribution is -2.07. The van der Waals surface area contributed by atoms with Gasteiger partial charge in [-0.2, -0.15) is 0 Å². The van der Waals surface area contributed by atoms with Crippen molar-refractivity contribution < 1.29 is 31.4 Å². The van der Waals surface area contributed by atoms with Gasteiger partial charge in [-0.1, -0.05) is 12.0 Å². The Bertz CT molecular complexity index is 869. The summed E-state index contributed by atoms with van der Waals surface area (Å²) in [5.74, 6) is -6.35. The second kappa shape index (κ2) is 10.6. The van der Waals surface area contributed by atoms with Crippen molar-refractivity contribution >= 4 is 0 Å². The van der Waals surface area contributed by atoms with Gasteiger partial charge in [-0.15, -0.1) is 0 Å². The number of azide groups is 1. The third-order valence-corrected chi connectivity index (χ3v) is 3.42. The van der Waals surface area contributed by atoms with E-state index in [1.165, 1.54) is 13.8 Å². The highest BCUT2D eigenvalue weighted by atomic mass is 19.2. The Kier molecular flexibility index (Phi) is 8.81. The van der Waals surface area contributed by atoms with Gasteiger partial charge in [0.25, 0.3) is 0 Å². The lowest BCUT2D eigenvalue weighted by atomic mass is 10.1. The van der Waals surface area contributed by atoms with Crippen molar-refractivity contribution in [3.8, 4) is 0 Å². The first-order valence-electron chi connectivity index (χ1n) is 8.04. The maximum atomic E-state index is 13.1. The van der Waals surface area contributed by atoms with E-state index in [1.54, 1.807) is 0 Å². The highest BCUT2D eigenvalue weighted by molar-refractivity contribution is 5.22. The Morgan fingerprint density at radius 1 is 0.857 bits per heavy atom. The molecule has 1 N–H and O–H groups in total. The molecule has 2 aromatic rings. The fraction of sp³-hybridized carbons (Fsp3) is 0.333. The summed E-state index contributed by atoms with van der Waals surface area (Å²) in [7, 11) is 0. The molecular weight excluding hydrogens is 388 g/mol. The molecule has 152 valence electrons. The van der Waals surface area contributed by atoms with Crippen LogP contribution in [-0.2, 0) is 12.8 Å². The normalized spacial score (nSPS) is 12.5. The Balaban J connectivity index is 0.000000283. The van der Waals surface area contributed by atoms with Crippen LogP contribution in [0.25, 0.3) is 10.4 Å². The van der Waals surface area contributed by atoms with Crippen molar-refractivity contribution in [1.82, 2.24) is 0 Å². The number of nitrogens with zero attached hydrogens (tertiary/aromatic N) is 3. The molecule has 4 nitrogen and oxygen atoms in total. The van der Waals surface area contributed by atoms with Gasteiger partial charge in [0.05, 0.1) is 6.10 Å². The van der Waals surface area contributed by atoms with E-state index in [-0.39, 0.29) is 24.0 Å². The number of hydrogen-bond donors (Lipinski definition) is 1. The molecule has 0 aliphatic rings. The Morgan fingerprint density at radius 3 is 1.68 bits per heavy atom. The summed E-state index contributed by atoms with van der Waals surface area (Å²) < 4.78 is 76.7. The molecule has 0 unspecified atom stereocenters. The monoisotopic (exact) mass is 405 g/mol. The zero-order valence-electron chi connectivity index (χ0n) is 14.9. The van der Waals surface area contributed by atoms with E-state index in [0.29, 0.717) is 12.1 Å². The van der Waals surface area contributed by atoms with Gasteiger partial charge in [0.1, 0.15) is 11.6 Å². The van der Waals surface area contributed by atoms with Crippen LogP contribution in [-0.4, -0.2) is 17.3 Å². The fourth-order valence-electron chi connectivity index (χ4n) is 2.28. The highest BCUT2D eigenvalue weighted by Gasteiger charge is 2.13. The molecule has 0 radical (unpaired) electrons. The van der Waals surface area contributed by atoms with Gasteiger partial charge in [-0.3, -0.25) is 0 Å². The van der Waals surface area contributed by atoms with Gasteiger partial charge < -0.3 is 5.11 Å². The van der Waals surface area contributed by atoms with E-state index in [4.69, 9.17) is 10.6 Å². The molecule has 28 heavy (non-hydrogen) atoms. The van der Waals surface area contributed by atoms with Crippen molar-refractivity contribution in [1.29, 1.82) is 0 Å². The zero-order chi connectivity index (χ0) is 21.4. The molecule has 0 amide bonds. The van der Waals surface area contributed by atoms with Crippen molar-refractivity contribution in [2.24, 2.45) is 5.11 Å². The molecule has 2 rings (SSSR count). The SMILES string of the molecule is C[C@@H](Cc1cc(F)cc(F)c1F)N=[N+]=[N-].C[C@@H](O)Cc1cc(F)cc(F)c1F. The molecule has 0 bridgehead atoms. The lowest BCUT2D eigenvalue weighted by Gasteiger charge is -2.06. The summed E-state index contributed by atoms with van der Waals surface area (Å²) in [6.07, 6.45) is -0.957. The molecule has 0 saturated heterocycles. The summed E-state index contributed by atoms with van der Waals surface area (Å²) in [6.45, 7) is 2.95. The molecule has 10 heteroatoms. The Labute approximate surface area is 157 Å². The predicted molar refractivity (Wildman–Crippen MR) is 90.3 cm³/mol. The van der Waals surface area contributed by atoms with Crippen LogP contribution in [0.1, 0.15) is 25.0 Å². The van der Waals surface area contributed by atoms with Gasteiger partial charge in [0, 0.05) is 29.5 Å². The molecule has 0 aromatic heterocycles. The van der Waals surface area contributed by atoms with E-state index < -0.39 is 47.0 Å². The minimum Gasteiger partial charge on any atom is -0.393 e. The van der Waals surface area contributed by atoms with E-state index in [1.807, 2.05) is 0 Å². The number of aliphatic hydroxyl groups excluding tert-OH is 1. The molecule has 0 heterocycles. The second-order valence-corrected chi connectivity index (χ2v) is 6.03. The lowest BCUT2D eigenvalue weighted by molar-refractivity contribution is 0.193. The minimum absolute atomic E-state index is 0.0371. The first-order valence-corrected chi connectivity index (χ1v) is 8.04. The molecule has 0 aliphatic carbocycles. The summed E-state index contributed by atoms with van der Waals surface area (Å²) >= 11 is 0. The summed E-state index contributed by atoms with van der Waals surface area (Å²) in [4.78, 5) is 2.52. The van der Waals surface area contributed by atoms with Crippen molar-refractivity contribution in [3.05, 3.63) is 80.7 Å². The van der Waals surface area contributed by atoms with Gasteiger partial charge in [-0.25, -0.2) is 26.3 Å². The Hall–Kier alpha value is -2.71. The number of rotatable bonds is 5. The van der Waals surface area contributed by atoms with E-state index >= 15 is 0 Å². The quantitative estimate of drug-likeness (QED) is 0.235. The number of halogens is 6. The van der Waals surface area contributed by atoms with Gasteiger partial charge in [0.2, 0.25) is 0 Å². The first-order chi connectivity index (χ1) is 13.0. The van der Waals surface area contributed by atoms with Crippen molar-refractivity contribution in [3.63, 3.8) is 0 Å². The molecule has 2 aromatic carbocycles. The minimum atomic E-state index is -1.24. The van der Waals surface area contributed by atoms with Crippen LogP contribution in [0.3, 0.4) is 0 Å². The van der Waals surface area contributed by atoms with Crippen molar-refractivity contribution in [2.45, 2.75) is 38.8 Å². The van der Waals surface area contributed by atoms with Gasteiger partial charge >= 0.3 is 0 Å². The van der Waals surface area contributed by atoms with Crippen LogP contribution in [0, 0.1) is 34.9 Å². The van der Waals surface area contributed by atoms with Crippen molar-refractivity contribution in [2.75, 3.05) is 0 Å². The third kappa shape index (κ3) is 7.13. The largest absolute Gasteiger partial charge is 0.393 e. The number of hydrogen-bond acceptors (Lipinski definition) is 2. The van der Waals surface area contributed by atoms with Crippen LogP contribution in [0.4, 0.5) is 26.3 Å². The maximum Gasteiger partial charge on any atom is 0.162 e. The predicted octanol–water partition coefficient (Wildman–Crippen LogP) is 5.37. The van der Waals surface area contributed by atoms with Crippen LogP contribution < -0.4 is 0 Å². The van der Waals surface area contributed by atoms with Crippen LogP contribution >= 0.6 is 0 Å². The molecule has 2 atom stereocenters. The molecular formula is C18H17F6N3O. The first kappa shape index (κ1) is 23.3. The third-order valence-electron chi connectivity index (χ3n) is 3.42. The molecule has 0 aliphatic heterocycles. The standard InChI is InChI=1S/C9H8F3N3.C9H9F3O/c1-5(14-15-13)2-6-3-7(10)4-8(11)9(6)12;1-5(13)2-6-3-7(10)4-8(11)9(6)12/h3-5H,2H2,1H3;3-5,13H,2H2,1H3/t2*5-/m01/s1. The van der Waals surface area contributed by atoms with Crippen LogP contribution in [0.2, 0.25) is 0 Å². The summed E-state index contributed by atoms with van der Waals surface area (Å²) in [5.41, 5.74) is 7.83. The molecule has 0 saturated carbocycles. The average Bonchev–Trinajstić information content (AvgIpc) is 2.57. The Morgan fingerprint density at radius 2 is 1.29 bits per heavy atom. The van der Waals surface area contributed by atoms with Crippen LogP contribution in [0.5, 0.6) is 0 Å². The number of aliphatic hydroxyl groups is 1. The van der Waals surface area contributed by atoms with Gasteiger partial charge in [0.15, 0.2) is 23.3 Å². The van der Waals surface area contributed by atoms with E-state index in [2.05, 4.69) is 10.0 Å². The maximum absolute atomic E-state index is 13.1.